The van der Waals surface area contributed by atoms with Gasteiger partial charge < -0.3 is 5.32 Å². The van der Waals surface area contributed by atoms with Crippen molar-refractivity contribution in [3.8, 4) is 0 Å². The van der Waals surface area contributed by atoms with Gasteiger partial charge in [-0.15, -0.1) is 0 Å². The number of rotatable bonds is 3. The number of aromatic nitrogens is 1. The summed E-state index contributed by atoms with van der Waals surface area (Å²) in [6.07, 6.45) is 4.59. The molecule has 0 aliphatic heterocycles. The molecule has 1 N–H and O–H groups in total. The molecule has 1 amide bonds. The van der Waals surface area contributed by atoms with E-state index in [1.807, 2.05) is 19.9 Å². The number of hydrogen-bond donors (Lipinski definition) is 1. The standard InChI is InChI=1S/C14H19ClN2O/c1-9(2)12-7-10(8-13(15)17-12)14(18)16-11-5-3-4-6-11/h7-9,11H,3-6H2,1-2H3,(H,16,18). The van der Waals surface area contributed by atoms with Crippen molar-refractivity contribution in [1.29, 1.82) is 0 Å². The first-order valence-electron chi connectivity index (χ1n) is 6.54. The van der Waals surface area contributed by atoms with Crippen LogP contribution in [-0.2, 0) is 0 Å². The van der Waals surface area contributed by atoms with Crippen LogP contribution in [0.5, 0.6) is 0 Å². The number of hydrogen-bond acceptors (Lipinski definition) is 2. The topological polar surface area (TPSA) is 42.0 Å². The molecule has 0 atom stereocenters. The number of carbonyl (C=O) groups is 1. The van der Waals surface area contributed by atoms with Crippen molar-refractivity contribution in [3.63, 3.8) is 0 Å². The number of nitrogens with zero attached hydrogens (tertiary/aromatic N) is 1. The Morgan fingerprint density at radius 2 is 2.06 bits per heavy atom. The molecule has 1 heterocycles. The lowest BCUT2D eigenvalue weighted by molar-refractivity contribution is 0.0937. The van der Waals surface area contributed by atoms with Gasteiger partial charge in [0.2, 0.25) is 0 Å². The number of pyridine rings is 1. The molecule has 0 spiro atoms. The van der Waals surface area contributed by atoms with Gasteiger partial charge in [0.1, 0.15) is 5.15 Å². The molecule has 0 unspecified atom stereocenters. The third kappa shape index (κ3) is 3.22. The Balaban J connectivity index is 2.13. The molecule has 0 aromatic carbocycles. The maximum absolute atomic E-state index is 12.1. The number of amides is 1. The summed E-state index contributed by atoms with van der Waals surface area (Å²) in [6, 6.07) is 3.80. The Hall–Kier alpha value is -1.09. The fourth-order valence-electron chi connectivity index (χ4n) is 2.28. The summed E-state index contributed by atoms with van der Waals surface area (Å²) in [5, 5.41) is 3.45. The minimum Gasteiger partial charge on any atom is -0.349 e. The molecule has 2 rings (SSSR count). The highest BCUT2D eigenvalue weighted by Crippen LogP contribution is 2.20. The van der Waals surface area contributed by atoms with Crippen LogP contribution >= 0.6 is 11.6 Å². The van der Waals surface area contributed by atoms with Crippen LogP contribution in [0.3, 0.4) is 0 Å². The molecule has 3 nitrogen and oxygen atoms in total. The van der Waals surface area contributed by atoms with E-state index in [0.29, 0.717) is 16.8 Å². The molecule has 1 aromatic heterocycles. The van der Waals surface area contributed by atoms with E-state index in [0.717, 1.165) is 18.5 Å². The normalized spacial score (nSPS) is 16.2. The maximum Gasteiger partial charge on any atom is 0.251 e. The average molecular weight is 267 g/mol. The van der Waals surface area contributed by atoms with Gasteiger partial charge in [-0.3, -0.25) is 4.79 Å². The molecule has 1 saturated carbocycles. The van der Waals surface area contributed by atoms with Gasteiger partial charge in [0, 0.05) is 17.3 Å². The van der Waals surface area contributed by atoms with Crippen LogP contribution in [0.2, 0.25) is 5.15 Å². The lowest BCUT2D eigenvalue weighted by atomic mass is 10.1. The summed E-state index contributed by atoms with van der Waals surface area (Å²) >= 11 is 5.96. The zero-order valence-corrected chi connectivity index (χ0v) is 11.6. The number of carbonyl (C=O) groups excluding carboxylic acids is 1. The first-order valence-corrected chi connectivity index (χ1v) is 6.92. The monoisotopic (exact) mass is 266 g/mol. The third-order valence-corrected chi connectivity index (χ3v) is 3.55. The predicted octanol–water partition coefficient (Wildman–Crippen LogP) is 3.53. The largest absolute Gasteiger partial charge is 0.349 e. The Morgan fingerprint density at radius 3 is 2.67 bits per heavy atom. The molecular weight excluding hydrogens is 248 g/mol. The van der Waals surface area contributed by atoms with E-state index in [4.69, 9.17) is 11.6 Å². The second kappa shape index (κ2) is 5.70. The molecule has 18 heavy (non-hydrogen) atoms. The Bertz CT molecular complexity index is 439. The molecule has 0 saturated heterocycles. The smallest absolute Gasteiger partial charge is 0.251 e. The molecule has 1 aromatic rings. The van der Waals surface area contributed by atoms with Crippen LogP contribution in [0.25, 0.3) is 0 Å². The summed E-state index contributed by atoms with van der Waals surface area (Å²) < 4.78 is 0. The van der Waals surface area contributed by atoms with Crippen molar-refractivity contribution >= 4 is 17.5 Å². The minimum absolute atomic E-state index is 0.0342. The van der Waals surface area contributed by atoms with Crippen LogP contribution < -0.4 is 5.32 Å². The number of nitrogens with one attached hydrogen (secondary N) is 1. The Kier molecular flexibility index (Phi) is 4.23. The zero-order chi connectivity index (χ0) is 13.1. The van der Waals surface area contributed by atoms with Gasteiger partial charge >= 0.3 is 0 Å². The maximum atomic E-state index is 12.1. The van der Waals surface area contributed by atoms with E-state index < -0.39 is 0 Å². The fraction of sp³-hybridized carbons (Fsp3) is 0.571. The highest BCUT2D eigenvalue weighted by atomic mass is 35.5. The molecular formula is C14H19ClN2O. The summed E-state index contributed by atoms with van der Waals surface area (Å²) in [6.45, 7) is 4.08. The SMILES string of the molecule is CC(C)c1cc(C(=O)NC2CCCC2)cc(Cl)n1. The van der Waals surface area contributed by atoms with Gasteiger partial charge in [-0.05, 0) is 30.9 Å². The lowest BCUT2D eigenvalue weighted by Crippen LogP contribution is -2.32. The van der Waals surface area contributed by atoms with Crippen LogP contribution in [0.1, 0.15) is 61.5 Å². The molecule has 0 radical (unpaired) electrons. The molecule has 1 aliphatic rings. The first kappa shape index (κ1) is 13.3. The average Bonchev–Trinajstić information content (AvgIpc) is 2.80. The van der Waals surface area contributed by atoms with Gasteiger partial charge in [0.15, 0.2) is 0 Å². The minimum atomic E-state index is -0.0342. The van der Waals surface area contributed by atoms with Gasteiger partial charge in [0.05, 0.1) is 0 Å². The second-order valence-corrected chi connectivity index (χ2v) is 5.60. The highest BCUT2D eigenvalue weighted by molar-refractivity contribution is 6.29. The van der Waals surface area contributed by atoms with E-state index in [-0.39, 0.29) is 11.8 Å². The third-order valence-electron chi connectivity index (χ3n) is 3.36. The van der Waals surface area contributed by atoms with Crippen molar-refractivity contribution in [2.24, 2.45) is 0 Å². The van der Waals surface area contributed by atoms with Crippen molar-refractivity contribution in [2.75, 3.05) is 0 Å². The highest BCUT2D eigenvalue weighted by Gasteiger charge is 2.19. The van der Waals surface area contributed by atoms with Gasteiger partial charge in [0.25, 0.3) is 5.91 Å². The lowest BCUT2D eigenvalue weighted by Gasteiger charge is -2.13. The van der Waals surface area contributed by atoms with E-state index in [1.165, 1.54) is 12.8 Å². The fourth-order valence-corrected chi connectivity index (χ4v) is 2.50. The summed E-state index contributed by atoms with van der Waals surface area (Å²) in [5.41, 5.74) is 1.48. The quantitative estimate of drug-likeness (QED) is 0.851. The Labute approximate surface area is 113 Å². The molecule has 1 fully saturated rings. The summed E-state index contributed by atoms with van der Waals surface area (Å²) in [4.78, 5) is 16.4. The zero-order valence-electron chi connectivity index (χ0n) is 10.9. The Morgan fingerprint density at radius 1 is 1.39 bits per heavy atom. The molecule has 4 heteroatoms. The van der Waals surface area contributed by atoms with Crippen LogP contribution in [0.4, 0.5) is 0 Å². The summed E-state index contributed by atoms with van der Waals surface area (Å²) in [5.74, 6) is 0.231. The van der Waals surface area contributed by atoms with E-state index >= 15 is 0 Å². The van der Waals surface area contributed by atoms with Crippen molar-refractivity contribution in [3.05, 3.63) is 28.5 Å². The van der Waals surface area contributed by atoms with Crippen LogP contribution in [-0.4, -0.2) is 16.9 Å². The molecule has 1 aliphatic carbocycles. The first-order chi connectivity index (χ1) is 8.56. The van der Waals surface area contributed by atoms with Crippen LogP contribution in [0, 0.1) is 0 Å². The molecule has 0 bridgehead atoms. The summed E-state index contributed by atoms with van der Waals surface area (Å²) in [7, 11) is 0. The van der Waals surface area contributed by atoms with Crippen molar-refractivity contribution in [1.82, 2.24) is 10.3 Å². The van der Waals surface area contributed by atoms with Crippen LogP contribution in [0.15, 0.2) is 12.1 Å². The molecule has 98 valence electrons. The predicted molar refractivity (Wildman–Crippen MR) is 73.1 cm³/mol. The van der Waals surface area contributed by atoms with E-state index in [2.05, 4.69) is 10.3 Å². The van der Waals surface area contributed by atoms with E-state index in [9.17, 15) is 4.79 Å². The van der Waals surface area contributed by atoms with Gasteiger partial charge in [-0.1, -0.05) is 38.3 Å². The van der Waals surface area contributed by atoms with Crippen molar-refractivity contribution < 1.29 is 4.79 Å². The van der Waals surface area contributed by atoms with E-state index in [1.54, 1.807) is 6.07 Å². The van der Waals surface area contributed by atoms with Gasteiger partial charge in [-0.2, -0.15) is 0 Å². The number of halogens is 1. The van der Waals surface area contributed by atoms with Crippen molar-refractivity contribution in [2.45, 2.75) is 51.5 Å². The van der Waals surface area contributed by atoms with Gasteiger partial charge in [-0.25, -0.2) is 4.98 Å². The second-order valence-electron chi connectivity index (χ2n) is 5.21.